The second-order valence-electron chi connectivity index (χ2n) is 21.0. The van der Waals surface area contributed by atoms with Crippen molar-refractivity contribution in [2.75, 3.05) is 13.2 Å². The van der Waals surface area contributed by atoms with Gasteiger partial charge in [0, 0.05) is 19.3 Å². The molecule has 0 aliphatic carbocycles. The molecule has 0 amide bonds. The van der Waals surface area contributed by atoms with Gasteiger partial charge in [0.25, 0.3) is 0 Å². The summed E-state index contributed by atoms with van der Waals surface area (Å²) in [4.78, 5) is 38.1. The van der Waals surface area contributed by atoms with Crippen LogP contribution in [0.2, 0.25) is 0 Å². The first-order chi connectivity index (χ1) is 34.5. The molecule has 0 saturated heterocycles. The Hall–Kier alpha value is -2.37. The van der Waals surface area contributed by atoms with Crippen molar-refractivity contribution in [2.45, 2.75) is 341 Å². The summed E-state index contributed by atoms with van der Waals surface area (Å²) in [6, 6.07) is 0. The van der Waals surface area contributed by atoms with Crippen LogP contribution in [0, 0.1) is 0 Å². The van der Waals surface area contributed by atoms with Gasteiger partial charge in [-0.25, -0.2) is 0 Å². The molecule has 0 fully saturated rings. The Morgan fingerprint density at radius 1 is 0.271 bits per heavy atom. The topological polar surface area (TPSA) is 78.9 Å². The Bertz CT molecular complexity index is 1170. The largest absolute Gasteiger partial charge is 0.462 e. The number of allylic oxidation sites excluding steroid dienone is 6. The lowest BCUT2D eigenvalue weighted by Crippen LogP contribution is -2.30. The Kier molecular flexibility index (Phi) is 57.2. The highest BCUT2D eigenvalue weighted by Gasteiger charge is 2.19. The van der Waals surface area contributed by atoms with Crippen molar-refractivity contribution in [3.05, 3.63) is 36.5 Å². The summed E-state index contributed by atoms with van der Waals surface area (Å²) in [5.41, 5.74) is 0. The molecule has 0 aromatic rings. The average Bonchev–Trinajstić information content (AvgIpc) is 3.36. The SMILES string of the molecule is CCCC/C=C\CCCCCCCC(=O)OCC(COC(=O)CCCCCCCCCCCCCCCCC/C=C\CCCCCCCCCC)OC(=O)CCCCCCC/C=C\CCCCCCC. The Morgan fingerprint density at radius 3 is 0.757 bits per heavy atom. The molecule has 0 bridgehead atoms. The standard InChI is InChI=1S/C64H118O6/c1-4-7-10-13-16-19-22-24-26-27-28-29-30-31-32-33-34-35-36-37-38-40-42-45-48-51-54-57-63(66)69-60-61(59-68-62(65)56-53-50-47-44-41-21-18-15-12-9-6-3)70-64(67)58-55-52-49-46-43-39-25-23-20-17-14-11-8-5-2/h15,18,23,25,27-28,61H,4-14,16-17,19-22,24,26,29-60H2,1-3H3/b18-15-,25-23-,28-27-. The molecule has 1 unspecified atom stereocenters. The maximum Gasteiger partial charge on any atom is 0.306 e. The second-order valence-corrected chi connectivity index (χ2v) is 21.0. The van der Waals surface area contributed by atoms with Crippen molar-refractivity contribution in [2.24, 2.45) is 0 Å². The van der Waals surface area contributed by atoms with E-state index in [2.05, 4.69) is 57.2 Å². The predicted molar refractivity (Wildman–Crippen MR) is 302 cm³/mol. The van der Waals surface area contributed by atoms with Crippen LogP contribution in [-0.4, -0.2) is 37.2 Å². The molecule has 0 aromatic heterocycles. The summed E-state index contributed by atoms with van der Waals surface area (Å²) in [5, 5.41) is 0. The van der Waals surface area contributed by atoms with Gasteiger partial charge < -0.3 is 14.2 Å². The molecule has 6 heteroatoms. The molecular weight excluding hydrogens is 865 g/mol. The quantitative estimate of drug-likeness (QED) is 0.0261. The van der Waals surface area contributed by atoms with Gasteiger partial charge in [0.2, 0.25) is 0 Å². The molecule has 6 nitrogen and oxygen atoms in total. The van der Waals surface area contributed by atoms with Gasteiger partial charge in [-0.05, 0) is 89.9 Å². The minimum atomic E-state index is -0.777. The number of esters is 3. The predicted octanol–water partition coefficient (Wildman–Crippen LogP) is 20.8. The molecular formula is C64H118O6. The van der Waals surface area contributed by atoms with E-state index in [0.717, 1.165) is 70.6 Å². The van der Waals surface area contributed by atoms with E-state index in [1.165, 1.54) is 225 Å². The molecule has 0 rings (SSSR count). The number of carbonyl (C=O) groups is 3. The van der Waals surface area contributed by atoms with Gasteiger partial charge in [0.15, 0.2) is 6.10 Å². The third kappa shape index (κ3) is 56.5. The van der Waals surface area contributed by atoms with Crippen molar-refractivity contribution in [3.8, 4) is 0 Å². The van der Waals surface area contributed by atoms with Gasteiger partial charge in [0.1, 0.15) is 13.2 Å². The van der Waals surface area contributed by atoms with Crippen LogP contribution in [0.15, 0.2) is 36.5 Å². The van der Waals surface area contributed by atoms with Crippen LogP contribution in [0.3, 0.4) is 0 Å². The van der Waals surface area contributed by atoms with E-state index >= 15 is 0 Å². The smallest absolute Gasteiger partial charge is 0.306 e. The number of hydrogen-bond acceptors (Lipinski definition) is 6. The van der Waals surface area contributed by atoms with Crippen LogP contribution in [-0.2, 0) is 28.6 Å². The maximum atomic E-state index is 12.8. The highest BCUT2D eigenvalue weighted by molar-refractivity contribution is 5.71. The van der Waals surface area contributed by atoms with Crippen molar-refractivity contribution in [1.29, 1.82) is 0 Å². The molecule has 0 aliphatic heterocycles. The van der Waals surface area contributed by atoms with Crippen molar-refractivity contribution in [3.63, 3.8) is 0 Å². The number of carbonyl (C=O) groups excluding carboxylic acids is 3. The number of ether oxygens (including phenoxy) is 3. The average molecular weight is 984 g/mol. The molecule has 1 atom stereocenters. The van der Waals surface area contributed by atoms with E-state index in [0.29, 0.717) is 19.3 Å². The number of unbranched alkanes of at least 4 members (excludes halogenated alkanes) is 40. The fourth-order valence-electron chi connectivity index (χ4n) is 9.12. The Labute approximate surface area is 435 Å². The van der Waals surface area contributed by atoms with E-state index < -0.39 is 6.10 Å². The minimum Gasteiger partial charge on any atom is -0.462 e. The van der Waals surface area contributed by atoms with Crippen LogP contribution >= 0.6 is 0 Å². The fraction of sp³-hybridized carbons (Fsp3) is 0.859. The van der Waals surface area contributed by atoms with Crippen LogP contribution < -0.4 is 0 Å². The maximum absolute atomic E-state index is 12.8. The number of rotatable bonds is 57. The Balaban J connectivity index is 4.15. The molecule has 0 saturated carbocycles. The van der Waals surface area contributed by atoms with E-state index in [-0.39, 0.29) is 31.1 Å². The van der Waals surface area contributed by atoms with Crippen LogP contribution in [0.25, 0.3) is 0 Å². The summed E-state index contributed by atoms with van der Waals surface area (Å²) in [6.45, 7) is 6.62. The van der Waals surface area contributed by atoms with Crippen LogP contribution in [0.4, 0.5) is 0 Å². The van der Waals surface area contributed by atoms with Crippen molar-refractivity contribution < 1.29 is 28.6 Å². The summed E-state index contributed by atoms with van der Waals surface area (Å²) in [6.07, 6.45) is 71.6. The third-order valence-electron chi connectivity index (χ3n) is 13.8. The third-order valence-corrected chi connectivity index (χ3v) is 13.8. The second kappa shape index (κ2) is 59.2. The summed E-state index contributed by atoms with van der Waals surface area (Å²) >= 11 is 0. The van der Waals surface area contributed by atoms with Gasteiger partial charge in [-0.15, -0.1) is 0 Å². The summed E-state index contributed by atoms with van der Waals surface area (Å²) in [5.74, 6) is -0.877. The first-order valence-corrected chi connectivity index (χ1v) is 31.0. The molecule has 0 heterocycles. The van der Waals surface area contributed by atoms with E-state index in [1.807, 2.05) is 0 Å². The highest BCUT2D eigenvalue weighted by Crippen LogP contribution is 2.17. The van der Waals surface area contributed by atoms with Crippen LogP contribution in [0.1, 0.15) is 335 Å². The summed E-state index contributed by atoms with van der Waals surface area (Å²) < 4.78 is 16.9. The molecule has 410 valence electrons. The lowest BCUT2D eigenvalue weighted by Gasteiger charge is -2.18. The first kappa shape index (κ1) is 67.6. The molecule has 0 N–H and O–H groups in total. The zero-order valence-electron chi connectivity index (χ0n) is 47.1. The molecule has 0 radical (unpaired) electrons. The van der Waals surface area contributed by atoms with E-state index in [4.69, 9.17) is 14.2 Å². The van der Waals surface area contributed by atoms with Gasteiger partial charge in [-0.2, -0.15) is 0 Å². The zero-order valence-corrected chi connectivity index (χ0v) is 47.1. The zero-order chi connectivity index (χ0) is 50.7. The van der Waals surface area contributed by atoms with E-state index in [1.54, 1.807) is 0 Å². The lowest BCUT2D eigenvalue weighted by molar-refractivity contribution is -0.167. The highest BCUT2D eigenvalue weighted by atomic mass is 16.6. The number of hydrogen-bond donors (Lipinski definition) is 0. The summed E-state index contributed by atoms with van der Waals surface area (Å²) in [7, 11) is 0. The lowest BCUT2D eigenvalue weighted by atomic mass is 10.0. The monoisotopic (exact) mass is 983 g/mol. The molecule has 0 aromatic carbocycles. The normalized spacial score (nSPS) is 12.2. The Morgan fingerprint density at radius 2 is 0.486 bits per heavy atom. The van der Waals surface area contributed by atoms with Gasteiger partial charge in [0.05, 0.1) is 0 Å². The first-order valence-electron chi connectivity index (χ1n) is 31.0. The minimum absolute atomic E-state index is 0.0751. The molecule has 0 spiro atoms. The van der Waals surface area contributed by atoms with Gasteiger partial charge in [-0.3, -0.25) is 14.4 Å². The van der Waals surface area contributed by atoms with Gasteiger partial charge in [-0.1, -0.05) is 263 Å². The molecule has 0 aliphatic rings. The molecule has 70 heavy (non-hydrogen) atoms. The van der Waals surface area contributed by atoms with Crippen molar-refractivity contribution >= 4 is 17.9 Å². The van der Waals surface area contributed by atoms with E-state index in [9.17, 15) is 14.4 Å². The van der Waals surface area contributed by atoms with Gasteiger partial charge >= 0.3 is 17.9 Å². The fourth-order valence-corrected chi connectivity index (χ4v) is 9.12. The van der Waals surface area contributed by atoms with Crippen molar-refractivity contribution in [1.82, 2.24) is 0 Å². The van der Waals surface area contributed by atoms with Crippen LogP contribution in [0.5, 0.6) is 0 Å².